The zero-order chi connectivity index (χ0) is 13.0. The molecule has 2 aromatic rings. The Bertz CT molecular complexity index is 527. The number of ether oxygens (including phenoxy) is 1. The smallest absolute Gasteiger partial charge is 0.119 e. The van der Waals surface area contributed by atoms with Gasteiger partial charge in [-0.1, -0.05) is 40.2 Å². The first kappa shape index (κ1) is 13.1. The Kier molecular flexibility index (Phi) is 4.39. The number of hydrogen-bond acceptors (Lipinski definition) is 2. The molecule has 0 aliphatic carbocycles. The second kappa shape index (κ2) is 6.03. The van der Waals surface area contributed by atoms with E-state index in [0.717, 1.165) is 10.2 Å². The molecule has 94 valence electrons. The van der Waals surface area contributed by atoms with Crippen molar-refractivity contribution in [3.8, 4) is 5.75 Å². The van der Waals surface area contributed by atoms with Crippen molar-refractivity contribution in [2.45, 2.75) is 6.04 Å². The summed E-state index contributed by atoms with van der Waals surface area (Å²) in [6, 6.07) is 16.6. The topological polar surface area (TPSA) is 21.3 Å². The standard InChI is InChI=1S/C15H16BrNO/c1-17-15(11-5-3-7-13(16)9-11)12-6-4-8-14(10-12)18-2/h3-10,15,17H,1-2H3. The van der Waals surface area contributed by atoms with Crippen LogP contribution in [0, 0.1) is 0 Å². The Morgan fingerprint density at radius 1 is 1.06 bits per heavy atom. The maximum absolute atomic E-state index is 5.27. The summed E-state index contributed by atoms with van der Waals surface area (Å²) < 4.78 is 6.36. The molecular formula is C15H16BrNO. The van der Waals surface area contributed by atoms with Gasteiger partial charge in [-0.15, -0.1) is 0 Å². The van der Waals surface area contributed by atoms with Crippen LogP contribution in [-0.2, 0) is 0 Å². The highest BCUT2D eigenvalue weighted by atomic mass is 79.9. The van der Waals surface area contributed by atoms with Gasteiger partial charge in [0.2, 0.25) is 0 Å². The fraction of sp³-hybridized carbons (Fsp3) is 0.200. The van der Waals surface area contributed by atoms with Gasteiger partial charge in [-0.25, -0.2) is 0 Å². The van der Waals surface area contributed by atoms with Crippen molar-refractivity contribution in [2.75, 3.05) is 14.2 Å². The van der Waals surface area contributed by atoms with E-state index in [9.17, 15) is 0 Å². The van der Waals surface area contributed by atoms with Crippen molar-refractivity contribution in [1.29, 1.82) is 0 Å². The lowest BCUT2D eigenvalue weighted by Crippen LogP contribution is -2.17. The molecule has 18 heavy (non-hydrogen) atoms. The summed E-state index contributed by atoms with van der Waals surface area (Å²) in [5.74, 6) is 0.878. The van der Waals surface area contributed by atoms with Crippen molar-refractivity contribution in [1.82, 2.24) is 5.32 Å². The predicted molar refractivity (Wildman–Crippen MR) is 78.0 cm³/mol. The number of benzene rings is 2. The second-order valence-corrected chi connectivity index (χ2v) is 4.97. The average molecular weight is 306 g/mol. The van der Waals surface area contributed by atoms with Gasteiger partial charge in [-0.3, -0.25) is 0 Å². The van der Waals surface area contributed by atoms with E-state index in [4.69, 9.17) is 4.74 Å². The predicted octanol–water partition coefficient (Wildman–Crippen LogP) is 3.77. The Morgan fingerprint density at radius 2 is 1.72 bits per heavy atom. The van der Waals surface area contributed by atoms with Crippen molar-refractivity contribution >= 4 is 15.9 Å². The normalized spacial score (nSPS) is 12.2. The SMILES string of the molecule is CNC(c1cccc(Br)c1)c1cccc(OC)c1. The van der Waals surface area contributed by atoms with E-state index in [2.05, 4.69) is 45.5 Å². The minimum Gasteiger partial charge on any atom is -0.497 e. The van der Waals surface area contributed by atoms with Gasteiger partial charge in [0, 0.05) is 4.47 Å². The molecule has 1 atom stereocenters. The molecule has 2 nitrogen and oxygen atoms in total. The number of methoxy groups -OCH3 is 1. The first-order valence-corrected chi connectivity index (χ1v) is 6.60. The largest absolute Gasteiger partial charge is 0.497 e. The van der Waals surface area contributed by atoms with E-state index >= 15 is 0 Å². The Balaban J connectivity index is 2.38. The van der Waals surface area contributed by atoms with E-state index in [-0.39, 0.29) is 6.04 Å². The molecule has 0 radical (unpaired) electrons. The molecule has 0 saturated carbocycles. The van der Waals surface area contributed by atoms with E-state index in [1.54, 1.807) is 7.11 Å². The molecular weight excluding hydrogens is 290 g/mol. The third-order valence-electron chi connectivity index (χ3n) is 2.90. The van der Waals surface area contributed by atoms with Crippen LogP contribution in [0.15, 0.2) is 53.0 Å². The molecule has 0 aliphatic rings. The molecule has 0 fully saturated rings. The van der Waals surface area contributed by atoms with Crippen LogP contribution in [0.3, 0.4) is 0 Å². The van der Waals surface area contributed by atoms with Gasteiger partial charge in [-0.05, 0) is 42.4 Å². The second-order valence-electron chi connectivity index (χ2n) is 4.05. The van der Waals surface area contributed by atoms with Crippen molar-refractivity contribution in [2.24, 2.45) is 0 Å². The quantitative estimate of drug-likeness (QED) is 0.928. The summed E-state index contributed by atoms with van der Waals surface area (Å²) in [6.45, 7) is 0. The monoisotopic (exact) mass is 305 g/mol. The van der Waals surface area contributed by atoms with Crippen molar-refractivity contribution in [3.63, 3.8) is 0 Å². The van der Waals surface area contributed by atoms with Crippen LogP contribution >= 0.6 is 15.9 Å². The van der Waals surface area contributed by atoms with Crippen LogP contribution in [0.4, 0.5) is 0 Å². The molecule has 2 rings (SSSR count). The lowest BCUT2D eigenvalue weighted by atomic mass is 9.99. The molecule has 0 amide bonds. The highest BCUT2D eigenvalue weighted by Crippen LogP contribution is 2.26. The molecule has 1 unspecified atom stereocenters. The van der Waals surface area contributed by atoms with Gasteiger partial charge in [0.15, 0.2) is 0 Å². The Labute approximate surface area is 116 Å². The zero-order valence-electron chi connectivity index (χ0n) is 10.5. The molecule has 3 heteroatoms. The van der Waals surface area contributed by atoms with E-state index < -0.39 is 0 Å². The van der Waals surface area contributed by atoms with Gasteiger partial charge >= 0.3 is 0 Å². The maximum atomic E-state index is 5.27. The van der Waals surface area contributed by atoms with Gasteiger partial charge in [-0.2, -0.15) is 0 Å². The fourth-order valence-corrected chi connectivity index (χ4v) is 2.45. The molecule has 0 saturated heterocycles. The lowest BCUT2D eigenvalue weighted by Gasteiger charge is -2.18. The molecule has 0 spiro atoms. The first-order valence-electron chi connectivity index (χ1n) is 5.81. The molecule has 1 N–H and O–H groups in total. The summed E-state index contributed by atoms with van der Waals surface area (Å²) >= 11 is 3.51. The average Bonchev–Trinajstić information content (AvgIpc) is 2.40. The summed E-state index contributed by atoms with van der Waals surface area (Å²) in [6.07, 6.45) is 0. The maximum Gasteiger partial charge on any atom is 0.119 e. The van der Waals surface area contributed by atoms with Crippen LogP contribution in [0.2, 0.25) is 0 Å². The molecule has 0 aromatic heterocycles. The summed E-state index contributed by atoms with van der Waals surface area (Å²) in [5.41, 5.74) is 2.41. The van der Waals surface area contributed by atoms with Crippen LogP contribution in [0.1, 0.15) is 17.2 Å². The fourth-order valence-electron chi connectivity index (χ4n) is 2.03. The van der Waals surface area contributed by atoms with Gasteiger partial charge in [0.05, 0.1) is 13.2 Å². The molecule has 0 aliphatic heterocycles. The molecule has 0 heterocycles. The lowest BCUT2D eigenvalue weighted by molar-refractivity contribution is 0.414. The van der Waals surface area contributed by atoms with Crippen molar-refractivity contribution < 1.29 is 4.74 Å². The first-order chi connectivity index (χ1) is 8.74. The number of halogens is 1. The molecule has 2 aromatic carbocycles. The van der Waals surface area contributed by atoms with Gasteiger partial charge in [0.25, 0.3) is 0 Å². The third kappa shape index (κ3) is 2.92. The van der Waals surface area contributed by atoms with Crippen LogP contribution in [-0.4, -0.2) is 14.2 Å². The summed E-state index contributed by atoms with van der Waals surface area (Å²) in [5, 5.41) is 3.34. The number of rotatable bonds is 4. The minimum absolute atomic E-state index is 0.164. The van der Waals surface area contributed by atoms with Crippen molar-refractivity contribution in [3.05, 3.63) is 64.1 Å². The zero-order valence-corrected chi connectivity index (χ0v) is 12.1. The third-order valence-corrected chi connectivity index (χ3v) is 3.39. The van der Waals surface area contributed by atoms with Crippen LogP contribution in [0.25, 0.3) is 0 Å². The highest BCUT2D eigenvalue weighted by molar-refractivity contribution is 9.10. The number of nitrogens with one attached hydrogen (secondary N) is 1. The Morgan fingerprint density at radius 3 is 2.33 bits per heavy atom. The van der Waals surface area contributed by atoms with E-state index in [1.807, 2.05) is 31.3 Å². The molecule has 0 bridgehead atoms. The number of hydrogen-bond donors (Lipinski definition) is 1. The summed E-state index contributed by atoms with van der Waals surface area (Å²) in [4.78, 5) is 0. The van der Waals surface area contributed by atoms with Gasteiger partial charge < -0.3 is 10.1 Å². The van der Waals surface area contributed by atoms with Crippen LogP contribution in [0.5, 0.6) is 5.75 Å². The minimum atomic E-state index is 0.164. The van der Waals surface area contributed by atoms with Gasteiger partial charge in [0.1, 0.15) is 5.75 Å². The highest BCUT2D eigenvalue weighted by Gasteiger charge is 2.12. The van der Waals surface area contributed by atoms with Crippen LogP contribution < -0.4 is 10.1 Å². The summed E-state index contributed by atoms with van der Waals surface area (Å²) in [7, 11) is 3.65. The van der Waals surface area contributed by atoms with E-state index in [0.29, 0.717) is 0 Å². The van der Waals surface area contributed by atoms with E-state index in [1.165, 1.54) is 11.1 Å². The Hall–Kier alpha value is -1.32.